The van der Waals surface area contributed by atoms with Gasteiger partial charge in [0.15, 0.2) is 0 Å². The SMILES string of the molecule is CC(C)CCOP(=S)(S)OCC(C)C. The largest absolute Gasteiger partial charge is 0.322 e. The topological polar surface area (TPSA) is 18.5 Å². The second kappa shape index (κ2) is 7.24. The lowest BCUT2D eigenvalue weighted by Gasteiger charge is -2.18. The zero-order valence-corrected chi connectivity index (χ0v) is 12.0. The fourth-order valence-electron chi connectivity index (χ4n) is 0.684. The van der Waals surface area contributed by atoms with Crippen LogP contribution < -0.4 is 0 Å². The highest BCUT2D eigenvalue weighted by Gasteiger charge is 2.13. The minimum absolute atomic E-state index is 0.471. The average molecular weight is 256 g/mol. The van der Waals surface area contributed by atoms with Crippen LogP contribution >= 0.6 is 17.9 Å². The van der Waals surface area contributed by atoms with Crippen LogP contribution in [0.2, 0.25) is 0 Å². The highest BCUT2D eigenvalue weighted by Crippen LogP contribution is 2.53. The summed E-state index contributed by atoms with van der Waals surface area (Å²) in [6, 6.07) is 0. The van der Waals surface area contributed by atoms with Gasteiger partial charge in [-0.3, -0.25) is 0 Å². The number of rotatable bonds is 7. The van der Waals surface area contributed by atoms with Crippen molar-refractivity contribution in [1.29, 1.82) is 0 Å². The summed E-state index contributed by atoms with van der Waals surface area (Å²) in [5.41, 5.74) is -2.27. The summed E-state index contributed by atoms with van der Waals surface area (Å²) in [6.45, 7) is 9.74. The van der Waals surface area contributed by atoms with Crippen molar-refractivity contribution in [2.45, 2.75) is 34.1 Å². The summed E-state index contributed by atoms with van der Waals surface area (Å²) in [5.74, 6) is 1.10. The first-order chi connectivity index (χ1) is 6.33. The fraction of sp³-hybridized carbons (Fsp3) is 1.00. The van der Waals surface area contributed by atoms with Gasteiger partial charge in [0, 0.05) is 0 Å². The highest BCUT2D eigenvalue weighted by molar-refractivity contribution is 8.60. The quantitative estimate of drug-likeness (QED) is 0.551. The molecule has 0 aromatic carbocycles. The molecule has 0 aliphatic carbocycles. The van der Waals surface area contributed by atoms with E-state index in [-0.39, 0.29) is 0 Å². The van der Waals surface area contributed by atoms with Gasteiger partial charge in [0.05, 0.1) is 13.2 Å². The van der Waals surface area contributed by atoms with E-state index in [1.165, 1.54) is 0 Å². The van der Waals surface area contributed by atoms with Crippen LogP contribution in [0.5, 0.6) is 0 Å². The molecule has 0 heterocycles. The Morgan fingerprint density at radius 1 is 1.14 bits per heavy atom. The van der Waals surface area contributed by atoms with Crippen molar-refractivity contribution in [2.75, 3.05) is 13.2 Å². The predicted molar refractivity (Wildman–Crippen MR) is 69.5 cm³/mol. The van der Waals surface area contributed by atoms with Crippen LogP contribution in [0.15, 0.2) is 0 Å². The van der Waals surface area contributed by atoms with Gasteiger partial charge in [-0.05, 0) is 30.1 Å². The van der Waals surface area contributed by atoms with Crippen molar-refractivity contribution >= 4 is 29.7 Å². The molecule has 86 valence electrons. The van der Waals surface area contributed by atoms with Gasteiger partial charge in [-0.1, -0.05) is 39.9 Å². The van der Waals surface area contributed by atoms with Gasteiger partial charge < -0.3 is 9.05 Å². The van der Waals surface area contributed by atoms with E-state index < -0.39 is 5.69 Å². The van der Waals surface area contributed by atoms with E-state index in [4.69, 9.17) is 20.9 Å². The molecular weight excluding hydrogens is 235 g/mol. The third kappa shape index (κ3) is 9.47. The molecule has 0 spiro atoms. The zero-order chi connectivity index (χ0) is 11.2. The molecule has 0 saturated heterocycles. The van der Waals surface area contributed by atoms with E-state index in [0.29, 0.717) is 25.0 Å². The Balaban J connectivity index is 3.67. The van der Waals surface area contributed by atoms with Crippen molar-refractivity contribution < 1.29 is 9.05 Å². The second-order valence-corrected chi connectivity index (χ2v) is 9.46. The Kier molecular flexibility index (Phi) is 7.71. The van der Waals surface area contributed by atoms with Gasteiger partial charge in [-0.15, -0.1) is 0 Å². The maximum Gasteiger partial charge on any atom is 0.244 e. The molecule has 0 aromatic heterocycles. The van der Waals surface area contributed by atoms with Crippen LogP contribution in [0.1, 0.15) is 34.1 Å². The first-order valence-electron chi connectivity index (χ1n) is 4.95. The molecule has 0 amide bonds. The molecule has 1 atom stereocenters. The minimum atomic E-state index is -2.27. The Morgan fingerprint density at radius 3 is 2.14 bits per heavy atom. The molecule has 0 saturated carbocycles. The summed E-state index contributed by atoms with van der Waals surface area (Å²) in [7, 11) is 0. The summed E-state index contributed by atoms with van der Waals surface area (Å²) in [6.07, 6.45) is 1.00. The Hall–Kier alpha value is 0.920. The normalized spacial score (nSPS) is 16.2. The molecule has 5 heteroatoms. The third-order valence-electron chi connectivity index (χ3n) is 1.52. The number of hydrogen-bond acceptors (Lipinski definition) is 3. The van der Waals surface area contributed by atoms with Gasteiger partial charge in [-0.25, -0.2) is 0 Å². The van der Waals surface area contributed by atoms with Crippen molar-refractivity contribution in [3.63, 3.8) is 0 Å². The van der Waals surface area contributed by atoms with Crippen LogP contribution in [0.25, 0.3) is 0 Å². The molecule has 0 bridgehead atoms. The van der Waals surface area contributed by atoms with Gasteiger partial charge in [-0.2, -0.15) is 0 Å². The highest BCUT2D eigenvalue weighted by atomic mass is 32.9. The first kappa shape index (κ1) is 14.9. The van der Waals surface area contributed by atoms with Gasteiger partial charge in [0.1, 0.15) is 0 Å². The molecule has 2 nitrogen and oxygen atoms in total. The molecule has 14 heavy (non-hydrogen) atoms. The van der Waals surface area contributed by atoms with Crippen molar-refractivity contribution in [2.24, 2.45) is 11.8 Å². The molecule has 0 rings (SSSR count). The maximum absolute atomic E-state index is 5.46. The second-order valence-electron chi connectivity index (χ2n) is 4.17. The van der Waals surface area contributed by atoms with Gasteiger partial charge in [0.2, 0.25) is 5.69 Å². The van der Waals surface area contributed by atoms with E-state index in [1.807, 2.05) is 0 Å². The Morgan fingerprint density at radius 2 is 1.71 bits per heavy atom. The van der Waals surface area contributed by atoms with Crippen LogP contribution in [0.3, 0.4) is 0 Å². The Bertz CT molecular complexity index is 195. The van der Waals surface area contributed by atoms with Crippen molar-refractivity contribution in [1.82, 2.24) is 0 Å². The molecule has 0 radical (unpaired) electrons. The first-order valence-corrected chi connectivity index (χ1v) is 8.74. The Labute approximate surface area is 98.1 Å². The van der Waals surface area contributed by atoms with E-state index in [9.17, 15) is 0 Å². The van der Waals surface area contributed by atoms with Crippen LogP contribution in [-0.2, 0) is 20.9 Å². The van der Waals surface area contributed by atoms with Gasteiger partial charge in [0.25, 0.3) is 0 Å². The molecule has 1 unspecified atom stereocenters. The van der Waals surface area contributed by atoms with E-state index in [1.54, 1.807) is 0 Å². The predicted octanol–water partition coefficient (Wildman–Crippen LogP) is 3.88. The third-order valence-corrected chi connectivity index (χ3v) is 3.83. The molecular formula is C9H21O2PS2. The van der Waals surface area contributed by atoms with Crippen LogP contribution in [-0.4, -0.2) is 13.2 Å². The standard InChI is InChI=1S/C9H21O2PS2/c1-8(2)5-6-10-12(13,14)11-7-9(3)4/h8-9H,5-7H2,1-4H3,(H,13,14). The summed E-state index contributed by atoms with van der Waals surface area (Å²) < 4.78 is 10.9. The molecule has 0 aliphatic rings. The molecule has 0 fully saturated rings. The van der Waals surface area contributed by atoms with E-state index >= 15 is 0 Å². The zero-order valence-electron chi connectivity index (χ0n) is 9.40. The molecule has 0 N–H and O–H groups in total. The van der Waals surface area contributed by atoms with Crippen molar-refractivity contribution in [3.8, 4) is 0 Å². The minimum Gasteiger partial charge on any atom is -0.322 e. The van der Waals surface area contributed by atoms with E-state index in [2.05, 4.69) is 39.9 Å². The van der Waals surface area contributed by atoms with Gasteiger partial charge >= 0.3 is 0 Å². The number of thiol groups is 1. The molecule has 0 aromatic rings. The smallest absolute Gasteiger partial charge is 0.244 e. The van der Waals surface area contributed by atoms with Crippen LogP contribution in [0, 0.1) is 11.8 Å². The lowest BCUT2D eigenvalue weighted by Crippen LogP contribution is -2.01. The summed E-state index contributed by atoms with van der Waals surface area (Å²) in [5, 5.41) is 0. The molecule has 0 aliphatic heterocycles. The monoisotopic (exact) mass is 256 g/mol. The summed E-state index contributed by atoms with van der Waals surface area (Å²) in [4.78, 5) is 0. The van der Waals surface area contributed by atoms with Crippen molar-refractivity contribution in [3.05, 3.63) is 0 Å². The lowest BCUT2D eigenvalue weighted by molar-refractivity contribution is 0.228. The maximum atomic E-state index is 5.46. The van der Waals surface area contributed by atoms with Crippen LogP contribution in [0.4, 0.5) is 0 Å². The van der Waals surface area contributed by atoms with E-state index in [0.717, 1.165) is 6.42 Å². The lowest BCUT2D eigenvalue weighted by atomic mass is 10.2. The average Bonchev–Trinajstić information content (AvgIpc) is 2.00. The number of hydrogen-bond donors (Lipinski definition) is 1. The summed E-state index contributed by atoms with van der Waals surface area (Å²) >= 11 is 9.39. The fourth-order valence-corrected chi connectivity index (χ4v) is 2.43.